The highest BCUT2D eigenvalue weighted by Gasteiger charge is 2.33. The molecule has 178 valence electrons. The van der Waals surface area contributed by atoms with E-state index in [4.69, 9.17) is 0 Å². The minimum atomic E-state index is -4.63. The van der Waals surface area contributed by atoms with Crippen LogP contribution in [0.15, 0.2) is 42.2 Å². The second-order valence-corrected chi connectivity index (χ2v) is 9.40. The summed E-state index contributed by atoms with van der Waals surface area (Å²) in [6.07, 6.45) is -1.18. The van der Waals surface area contributed by atoms with Gasteiger partial charge >= 0.3 is 6.18 Å². The largest absolute Gasteiger partial charge is 0.417 e. The molecule has 1 N–H and O–H groups in total. The maximum Gasteiger partial charge on any atom is 0.417 e. The molecule has 4 aromatic heterocycles. The zero-order valence-electron chi connectivity index (χ0n) is 18.0. The van der Waals surface area contributed by atoms with Gasteiger partial charge in [0.15, 0.2) is 26.2 Å². The van der Waals surface area contributed by atoms with E-state index in [-0.39, 0.29) is 46.2 Å². The number of fused-ring (bicyclic) bond motifs is 2. The van der Waals surface area contributed by atoms with E-state index in [9.17, 15) is 26.4 Å². The Hall–Kier alpha value is -3.81. The van der Waals surface area contributed by atoms with Crippen molar-refractivity contribution in [2.24, 2.45) is 7.05 Å². The van der Waals surface area contributed by atoms with Gasteiger partial charge in [-0.05, 0) is 12.1 Å². The fourth-order valence-corrected chi connectivity index (χ4v) is 4.33. The first-order chi connectivity index (χ1) is 16.0. The SMILES string of the molecule is C=CCNC(=O)c1ccnc2c(-c3nc4cc(C(F)(F)F)cnc4n3C)c(S(=O)(=O)CC)nn12. The number of carbonyl (C=O) groups excluding carboxylic acids is 1. The topological polar surface area (TPSA) is 124 Å². The number of halogens is 3. The van der Waals surface area contributed by atoms with Gasteiger partial charge in [0, 0.05) is 26.0 Å². The Morgan fingerprint density at radius 1 is 1.26 bits per heavy atom. The summed E-state index contributed by atoms with van der Waals surface area (Å²) < 4.78 is 67.7. The average molecular weight is 493 g/mol. The number of aryl methyl sites for hydroxylation is 1. The molecule has 0 atom stereocenters. The molecule has 4 heterocycles. The van der Waals surface area contributed by atoms with Crippen molar-refractivity contribution in [2.75, 3.05) is 12.3 Å². The van der Waals surface area contributed by atoms with Crippen LogP contribution in [-0.4, -0.2) is 55.8 Å². The van der Waals surface area contributed by atoms with Crippen molar-refractivity contribution in [3.05, 3.63) is 48.4 Å². The van der Waals surface area contributed by atoms with Crippen LogP contribution >= 0.6 is 0 Å². The highest BCUT2D eigenvalue weighted by atomic mass is 32.2. The summed E-state index contributed by atoms with van der Waals surface area (Å²) in [5.41, 5.74) is -1.04. The number of aromatic nitrogens is 6. The molecular formula is C20H18F3N7O3S. The highest BCUT2D eigenvalue weighted by Crippen LogP contribution is 2.34. The zero-order chi connectivity index (χ0) is 24.8. The molecule has 4 aromatic rings. The summed E-state index contributed by atoms with van der Waals surface area (Å²) in [6.45, 7) is 5.10. The van der Waals surface area contributed by atoms with E-state index in [2.05, 4.69) is 31.9 Å². The van der Waals surface area contributed by atoms with E-state index in [1.54, 1.807) is 0 Å². The van der Waals surface area contributed by atoms with Gasteiger partial charge in [-0.3, -0.25) is 4.79 Å². The molecule has 0 aliphatic heterocycles. The lowest BCUT2D eigenvalue weighted by molar-refractivity contribution is -0.137. The molecule has 14 heteroatoms. The van der Waals surface area contributed by atoms with Crippen molar-refractivity contribution >= 4 is 32.6 Å². The van der Waals surface area contributed by atoms with Crippen LogP contribution in [0.4, 0.5) is 13.2 Å². The van der Waals surface area contributed by atoms with E-state index in [0.29, 0.717) is 6.20 Å². The molecule has 0 saturated heterocycles. The molecule has 1 amide bonds. The van der Waals surface area contributed by atoms with Gasteiger partial charge in [-0.15, -0.1) is 6.58 Å². The van der Waals surface area contributed by atoms with Gasteiger partial charge in [0.1, 0.15) is 22.6 Å². The van der Waals surface area contributed by atoms with Gasteiger partial charge in [0.25, 0.3) is 5.91 Å². The monoisotopic (exact) mass is 493 g/mol. The lowest BCUT2D eigenvalue weighted by atomic mass is 10.2. The molecular weight excluding hydrogens is 475 g/mol. The first-order valence-corrected chi connectivity index (χ1v) is 11.5. The minimum Gasteiger partial charge on any atom is -0.347 e. The smallest absolute Gasteiger partial charge is 0.347 e. The molecule has 0 saturated carbocycles. The van der Waals surface area contributed by atoms with Gasteiger partial charge < -0.3 is 9.88 Å². The number of sulfone groups is 1. The Morgan fingerprint density at radius 2 is 2.00 bits per heavy atom. The van der Waals surface area contributed by atoms with Crippen LogP contribution in [0.2, 0.25) is 0 Å². The molecule has 10 nitrogen and oxygen atoms in total. The van der Waals surface area contributed by atoms with E-state index < -0.39 is 32.5 Å². The predicted octanol–water partition coefficient (Wildman–Crippen LogP) is 2.41. The number of rotatable bonds is 6. The molecule has 4 rings (SSSR count). The molecule has 0 unspecified atom stereocenters. The van der Waals surface area contributed by atoms with E-state index in [1.165, 1.54) is 36.9 Å². The number of imidazole rings is 1. The quantitative estimate of drug-likeness (QED) is 0.409. The van der Waals surface area contributed by atoms with Gasteiger partial charge in [0.2, 0.25) is 0 Å². The number of nitrogens with zero attached hydrogens (tertiary/aromatic N) is 6. The number of amides is 1. The van der Waals surface area contributed by atoms with Gasteiger partial charge in [0.05, 0.1) is 11.3 Å². The first kappa shape index (κ1) is 23.4. The zero-order valence-corrected chi connectivity index (χ0v) is 18.8. The van der Waals surface area contributed by atoms with Gasteiger partial charge in [-0.1, -0.05) is 13.0 Å². The van der Waals surface area contributed by atoms with E-state index >= 15 is 0 Å². The average Bonchev–Trinajstić information content (AvgIpc) is 3.34. The second kappa shape index (κ2) is 8.20. The standard InChI is InChI=1S/C20H18F3N7O3S/c1-4-7-25-18(31)13-6-8-24-16-14(19(28-30(13)16)34(32,33)5-2)17-27-12-9-11(20(21,22)23)10-26-15(12)29(17)3/h4,6,8-10H,1,5,7H2,2-3H3,(H,25,31). The maximum absolute atomic E-state index is 13.2. The van der Waals surface area contributed by atoms with Crippen molar-refractivity contribution < 1.29 is 26.4 Å². The fraction of sp³-hybridized carbons (Fsp3) is 0.250. The third-order valence-corrected chi connectivity index (χ3v) is 6.70. The summed E-state index contributed by atoms with van der Waals surface area (Å²) in [6, 6.07) is 2.18. The van der Waals surface area contributed by atoms with Crippen LogP contribution in [0, 0.1) is 0 Å². The molecule has 0 aliphatic rings. The molecule has 0 aliphatic carbocycles. The van der Waals surface area contributed by atoms with Crippen molar-refractivity contribution in [2.45, 2.75) is 18.1 Å². The molecule has 0 bridgehead atoms. The van der Waals surface area contributed by atoms with Crippen LogP contribution < -0.4 is 5.32 Å². The van der Waals surface area contributed by atoms with Gasteiger partial charge in [-0.2, -0.15) is 18.3 Å². The Labute approximate surface area is 191 Å². The molecule has 0 radical (unpaired) electrons. The Morgan fingerprint density at radius 3 is 2.65 bits per heavy atom. The lowest BCUT2D eigenvalue weighted by Gasteiger charge is -2.05. The van der Waals surface area contributed by atoms with E-state index in [1.807, 2.05) is 0 Å². The number of carbonyl (C=O) groups is 1. The number of pyridine rings is 1. The van der Waals surface area contributed by atoms with Crippen molar-refractivity contribution in [3.8, 4) is 11.4 Å². The molecule has 0 fully saturated rings. The first-order valence-electron chi connectivity index (χ1n) is 9.89. The van der Waals surface area contributed by atoms with Crippen LogP contribution in [0.3, 0.4) is 0 Å². The van der Waals surface area contributed by atoms with Crippen LogP contribution in [0.25, 0.3) is 28.2 Å². The Bertz CT molecular complexity index is 1560. The van der Waals surface area contributed by atoms with Crippen molar-refractivity contribution in [1.29, 1.82) is 0 Å². The van der Waals surface area contributed by atoms with Crippen molar-refractivity contribution in [1.82, 2.24) is 34.4 Å². The fourth-order valence-electron chi connectivity index (χ4n) is 3.36. The van der Waals surface area contributed by atoms with Crippen LogP contribution in [0.5, 0.6) is 0 Å². The third-order valence-electron chi connectivity index (χ3n) is 5.06. The number of hydrogen-bond donors (Lipinski definition) is 1. The van der Waals surface area contributed by atoms with Crippen molar-refractivity contribution in [3.63, 3.8) is 0 Å². The van der Waals surface area contributed by atoms with Gasteiger partial charge in [-0.25, -0.2) is 27.9 Å². The predicted molar refractivity (Wildman–Crippen MR) is 116 cm³/mol. The number of nitrogens with one attached hydrogen (secondary N) is 1. The van der Waals surface area contributed by atoms with Crippen LogP contribution in [-0.2, 0) is 23.1 Å². The Kier molecular flexibility index (Phi) is 5.63. The lowest BCUT2D eigenvalue weighted by Crippen LogP contribution is -2.25. The molecule has 34 heavy (non-hydrogen) atoms. The highest BCUT2D eigenvalue weighted by molar-refractivity contribution is 7.91. The summed E-state index contributed by atoms with van der Waals surface area (Å²) in [5.74, 6) is -0.884. The molecule has 0 spiro atoms. The third kappa shape index (κ3) is 3.79. The summed E-state index contributed by atoms with van der Waals surface area (Å²) in [4.78, 5) is 24.9. The summed E-state index contributed by atoms with van der Waals surface area (Å²) in [7, 11) is -2.47. The summed E-state index contributed by atoms with van der Waals surface area (Å²) >= 11 is 0. The maximum atomic E-state index is 13.2. The second-order valence-electron chi connectivity index (χ2n) is 7.21. The van der Waals surface area contributed by atoms with Crippen LogP contribution in [0.1, 0.15) is 23.0 Å². The molecule has 0 aromatic carbocycles. The number of alkyl halides is 3. The van der Waals surface area contributed by atoms with E-state index in [0.717, 1.165) is 10.6 Å². The minimum absolute atomic E-state index is 0.00176. The Balaban J connectivity index is 2.04. The number of hydrogen-bond acceptors (Lipinski definition) is 7. The summed E-state index contributed by atoms with van der Waals surface area (Å²) in [5, 5.41) is 6.34. The normalized spacial score (nSPS) is 12.4.